The molecule has 11 aromatic rings. The van der Waals surface area contributed by atoms with Gasteiger partial charge in [-0.05, 0) is 91.5 Å². The van der Waals surface area contributed by atoms with Crippen LogP contribution in [0, 0.1) is 0 Å². The van der Waals surface area contributed by atoms with Crippen LogP contribution in [0.1, 0.15) is 4.11 Å². The van der Waals surface area contributed by atoms with E-state index in [0.717, 1.165) is 50.0 Å². The van der Waals surface area contributed by atoms with Gasteiger partial charge in [-0.3, -0.25) is 4.57 Å². The first-order valence-electron chi connectivity index (χ1n) is 21.8. The van der Waals surface area contributed by atoms with Crippen molar-refractivity contribution in [2.75, 3.05) is 0 Å². The molecule has 0 bridgehead atoms. The van der Waals surface area contributed by atoms with Crippen LogP contribution in [0.4, 0.5) is 0 Å². The molecule has 0 spiro atoms. The largest absolute Gasteiger partial charge is 0.294 e. The number of pyridine rings is 1. The number of aryl methyl sites for hydroxylation is 1. The van der Waals surface area contributed by atoms with Gasteiger partial charge in [-0.15, -0.1) is 0 Å². The molecule has 0 amide bonds. The van der Waals surface area contributed by atoms with E-state index < -0.39 is 15.0 Å². The van der Waals surface area contributed by atoms with Crippen LogP contribution in [0.25, 0.3) is 66.6 Å². The number of rotatable bonds is 8. The lowest BCUT2D eigenvalue weighted by Crippen LogP contribution is -2.74. The Morgan fingerprint density at radius 3 is 1.82 bits per heavy atom. The third-order valence-corrected chi connectivity index (χ3v) is 16.8. The molecule has 0 atom stereocenters. The Morgan fingerprint density at radius 1 is 0.467 bits per heavy atom. The summed E-state index contributed by atoms with van der Waals surface area (Å²) in [5.41, 5.74) is 9.10. The fraction of sp³-hybridized carbons (Fsp3) is 0.0182. The maximum atomic E-state index is 8.38. The summed E-state index contributed by atoms with van der Waals surface area (Å²) in [6.07, 6.45) is 3.64. The Labute approximate surface area is 354 Å². The van der Waals surface area contributed by atoms with Crippen molar-refractivity contribution in [3.05, 3.63) is 231 Å². The van der Waals surface area contributed by atoms with Gasteiger partial charge in [0.1, 0.15) is 11.5 Å². The number of hydrogen-bond donors (Lipinski definition) is 0. The average Bonchev–Trinajstić information content (AvgIpc) is 3.90. The number of aromatic nitrogens is 4. The summed E-state index contributed by atoms with van der Waals surface area (Å²) in [5.74, 6) is 0.842. The molecule has 3 heterocycles. The zero-order valence-corrected chi connectivity index (χ0v) is 33.7. The van der Waals surface area contributed by atoms with E-state index in [0.29, 0.717) is 5.52 Å². The molecule has 0 aliphatic rings. The smallest absolute Gasteiger partial charge is 0.249 e. The number of fused-ring (bicyclic) bond motifs is 4. The molecular formula is C55H41N4Si+. The van der Waals surface area contributed by atoms with E-state index in [1.165, 1.54) is 36.4 Å². The Balaban J connectivity index is 1.17. The van der Waals surface area contributed by atoms with Crippen LogP contribution in [0.5, 0.6) is 0 Å². The summed E-state index contributed by atoms with van der Waals surface area (Å²) in [6.45, 7) is -2.34. The van der Waals surface area contributed by atoms with Crippen molar-refractivity contribution >= 4 is 61.7 Å². The number of hydrogen-bond acceptors (Lipinski definition) is 1. The molecule has 5 heteroatoms. The summed E-state index contributed by atoms with van der Waals surface area (Å²) in [5, 5.41) is 7.18. The minimum Gasteiger partial charge on any atom is -0.294 e. The van der Waals surface area contributed by atoms with Gasteiger partial charge < -0.3 is 0 Å². The maximum absolute atomic E-state index is 8.38. The summed E-state index contributed by atoms with van der Waals surface area (Å²) >= 11 is 0. The summed E-state index contributed by atoms with van der Waals surface area (Å²) in [7, 11) is -3.13. The van der Waals surface area contributed by atoms with E-state index in [1.54, 1.807) is 6.33 Å². The molecule has 284 valence electrons. The second-order valence-electron chi connectivity index (χ2n) is 15.3. The molecule has 3 aromatic heterocycles. The van der Waals surface area contributed by atoms with Crippen molar-refractivity contribution in [2.24, 2.45) is 6.98 Å². The van der Waals surface area contributed by atoms with Crippen LogP contribution in [-0.4, -0.2) is 22.2 Å². The molecule has 0 saturated heterocycles. The van der Waals surface area contributed by atoms with Gasteiger partial charge in [0.2, 0.25) is 6.33 Å². The van der Waals surface area contributed by atoms with Gasteiger partial charge in [0, 0.05) is 17.0 Å². The van der Waals surface area contributed by atoms with Crippen LogP contribution in [0.2, 0.25) is 0 Å². The third kappa shape index (κ3) is 5.74. The van der Waals surface area contributed by atoms with Gasteiger partial charge in [0.05, 0.1) is 22.1 Å². The fourth-order valence-electron chi connectivity index (χ4n) is 9.35. The molecule has 0 unspecified atom stereocenters. The van der Waals surface area contributed by atoms with Crippen molar-refractivity contribution in [2.45, 2.75) is 0 Å². The molecule has 0 fully saturated rings. The summed E-state index contributed by atoms with van der Waals surface area (Å²) in [4.78, 5) is 5.10. The Hall–Kier alpha value is -7.60. The first-order valence-corrected chi connectivity index (χ1v) is 22.3. The van der Waals surface area contributed by atoms with E-state index >= 15 is 0 Å². The molecule has 0 aliphatic heterocycles. The molecule has 11 rings (SSSR count). The zero-order valence-electron chi connectivity index (χ0n) is 35.7. The maximum Gasteiger partial charge on any atom is 0.249 e. The average molecular weight is 789 g/mol. The molecule has 0 radical (unpaired) electrons. The SMILES string of the molecule is [2H]C([2H])([2H])[n+]1cn(-c2cccc([Si](c3ccccc3)(c3ccccc3)c3ccc4c5ccccc5n(-c5cc(-c6ccccc6-c6ccccc6)ccn5)c4c3)c2)c2ccccc21. The van der Waals surface area contributed by atoms with Crippen molar-refractivity contribution in [1.29, 1.82) is 0 Å². The van der Waals surface area contributed by atoms with Gasteiger partial charge in [-0.25, -0.2) is 9.55 Å². The van der Waals surface area contributed by atoms with E-state index in [2.05, 4.69) is 199 Å². The molecule has 8 aromatic carbocycles. The standard InChI is InChI=1S/C55H41N4Si/c1-57-39-58(53-31-16-15-30-52(53)57)42-20-17-25-45(37-42)60(43-21-7-3-8-22-43,44-23-9-4-10-24-44)46-32-33-50-49-28-13-14-29-51(49)59(54(50)38-46)55-36-41(34-35-56-55)48-27-12-11-26-47(48)40-18-5-2-6-19-40/h2-39H,1H3/q+1/i1D3. The highest BCUT2D eigenvalue weighted by atomic mass is 28.3. The highest BCUT2D eigenvalue weighted by Gasteiger charge is 2.42. The lowest BCUT2D eigenvalue weighted by Gasteiger charge is -2.34. The van der Waals surface area contributed by atoms with Crippen molar-refractivity contribution in [3.8, 4) is 33.8 Å². The van der Waals surface area contributed by atoms with Crippen LogP contribution < -0.4 is 25.3 Å². The van der Waals surface area contributed by atoms with Gasteiger partial charge in [-0.2, -0.15) is 4.57 Å². The highest BCUT2D eigenvalue weighted by molar-refractivity contribution is 7.20. The second kappa shape index (κ2) is 14.6. The van der Waals surface area contributed by atoms with Crippen molar-refractivity contribution in [3.63, 3.8) is 0 Å². The number of benzene rings is 8. The van der Waals surface area contributed by atoms with E-state index in [9.17, 15) is 0 Å². The zero-order chi connectivity index (χ0) is 42.5. The lowest BCUT2D eigenvalue weighted by molar-refractivity contribution is -0.645. The van der Waals surface area contributed by atoms with Gasteiger partial charge in [0.15, 0.2) is 19.1 Å². The molecule has 0 aliphatic carbocycles. The van der Waals surface area contributed by atoms with Crippen molar-refractivity contribution in [1.82, 2.24) is 14.1 Å². The number of nitrogens with zero attached hydrogens (tertiary/aromatic N) is 4. The minimum atomic E-state index is -3.13. The monoisotopic (exact) mass is 788 g/mol. The van der Waals surface area contributed by atoms with E-state index in [4.69, 9.17) is 9.10 Å². The molecule has 60 heavy (non-hydrogen) atoms. The first kappa shape index (κ1) is 32.4. The fourth-order valence-corrected chi connectivity index (χ4v) is 14.1. The minimum absolute atomic E-state index is 0.650. The van der Waals surface area contributed by atoms with Crippen molar-refractivity contribution < 1.29 is 8.68 Å². The Bertz CT molecular complexity index is 3410. The predicted octanol–water partition coefficient (Wildman–Crippen LogP) is 9.66. The van der Waals surface area contributed by atoms with Gasteiger partial charge in [0.25, 0.3) is 0 Å². The van der Waals surface area contributed by atoms with Crippen LogP contribution in [0.15, 0.2) is 231 Å². The molecule has 4 nitrogen and oxygen atoms in total. The van der Waals surface area contributed by atoms with E-state index in [1.807, 2.05) is 35.0 Å². The lowest BCUT2D eigenvalue weighted by atomic mass is 9.95. The third-order valence-electron chi connectivity index (χ3n) is 12.0. The predicted molar refractivity (Wildman–Crippen MR) is 251 cm³/mol. The quantitative estimate of drug-likeness (QED) is 0.0857. The highest BCUT2D eigenvalue weighted by Crippen LogP contribution is 2.35. The van der Waals surface area contributed by atoms with Crippen LogP contribution in [-0.2, 0) is 6.98 Å². The Kier molecular flexibility index (Phi) is 7.90. The molecule has 0 saturated carbocycles. The van der Waals surface area contributed by atoms with Crippen LogP contribution in [0.3, 0.4) is 0 Å². The topological polar surface area (TPSA) is 26.6 Å². The summed E-state index contributed by atoms with van der Waals surface area (Å²) < 4.78 is 30.9. The van der Waals surface area contributed by atoms with E-state index in [-0.39, 0.29) is 0 Å². The Morgan fingerprint density at radius 2 is 1.07 bits per heavy atom. The molecule has 0 N–H and O–H groups in total. The second-order valence-corrected chi connectivity index (χ2v) is 19.1. The first-order chi connectivity index (χ1) is 30.9. The molecular weight excluding hydrogens is 745 g/mol. The summed E-state index contributed by atoms with van der Waals surface area (Å²) in [6, 6.07) is 77.4. The normalized spacial score (nSPS) is 12.7. The van der Waals surface area contributed by atoms with Crippen LogP contribution >= 0.6 is 0 Å². The number of imidazole rings is 1. The number of para-hydroxylation sites is 3. The van der Waals surface area contributed by atoms with Gasteiger partial charge >= 0.3 is 0 Å². The van der Waals surface area contributed by atoms with Gasteiger partial charge in [-0.1, -0.05) is 170 Å².